The van der Waals surface area contributed by atoms with Gasteiger partial charge in [0.15, 0.2) is 5.69 Å². The van der Waals surface area contributed by atoms with Crippen LogP contribution >= 0.6 is 0 Å². The number of anilines is 1. The van der Waals surface area contributed by atoms with Crippen LogP contribution in [0.4, 0.5) is 5.82 Å². The molecule has 2 unspecified atom stereocenters. The molecule has 92 valence electrons. The van der Waals surface area contributed by atoms with E-state index in [1.54, 1.807) is 24.1 Å². The van der Waals surface area contributed by atoms with E-state index in [4.69, 9.17) is 10.5 Å². The van der Waals surface area contributed by atoms with Crippen molar-refractivity contribution in [3.63, 3.8) is 0 Å². The van der Waals surface area contributed by atoms with Gasteiger partial charge in [0.25, 0.3) is 5.91 Å². The second kappa shape index (κ2) is 4.67. The van der Waals surface area contributed by atoms with Crippen molar-refractivity contribution in [1.29, 1.82) is 0 Å². The molecule has 0 saturated carbocycles. The molecule has 2 heterocycles. The van der Waals surface area contributed by atoms with Gasteiger partial charge in [0, 0.05) is 13.7 Å². The monoisotopic (exact) mass is 236 g/mol. The number of aromatic nitrogens is 2. The molecule has 1 aromatic heterocycles. The summed E-state index contributed by atoms with van der Waals surface area (Å²) in [6, 6.07) is 3.26. The molecule has 1 aromatic rings. The summed E-state index contributed by atoms with van der Waals surface area (Å²) < 4.78 is 5.44. The van der Waals surface area contributed by atoms with E-state index in [2.05, 4.69) is 10.2 Å². The average molecular weight is 236 g/mol. The molecule has 0 aliphatic carbocycles. The SMILES string of the molecule is CC1OCCC1N(C)C(=O)c1ccc(N)nn1. The van der Waals surface area contributed by atoms with Gasteiger partial charge in [-0.25, -0.2) is 0 Å². The first-order valence-corrected chi connectivity index (χ1v) is 5.57. The van der Waals surface area contributed by atoms with Crippen molar-refractivity contribution in [2.24, 2.45) is 0 Å². The molecule has 0 bridgehead atoms. The molecule has 1 amide bonds. The molecule has 1 saturated heterocycles. The molecule has 1 aliphatic rings. The van der Waals surface area contributed by atoms with Gasteiger partial charge in [-0.2, -0.15) is 0 Å². The minimum absolute atomic E-state index is 0.0608. The van der Waals surface area contributed by atoms with Gasteiger partial charge in [-0.05, 0) is 25.5 Å². The first kappa shape index (κ1) is 11.8. The number of hydrogen-bond acceptors (Lipinski definition) is 5. The maximum atomic E-state index is 12.1. The first-order valence-electron chi connectivity index (χ1n) is 5.57. The summed E-state index contributed by atoms with van der Waals surface area (Å²) in [6.45, 7) is 2.66. The first-order chi connectivity index (χ1) is 8.09. The molecular weight excluding hydrogens is 220 g/mol. The van der Waals surface area contributed by atoms with E-state index in [-0.39, 0.29) is 18.1 Å². The van der Waals surface area contributed by atoms with Crippen LogP contribution in [0.5, 0.6) is 0 Å². The zero-order chi connectivity index (χ0) is 12.4. The highest BCUT2D eigenvalue weighted by Crippen LogP contribution is 2.19. The van der Waals surface area contributed by atoms with Crippen LogP contribution in [0.15, 0.2) is 12.1 Å². The Morgan fingerprint density at radius 2 is 2.29 bits per heavy atom. The minimum atomic E-state index is -0.153. The summed E-state index contributed by atoms with van der Waals surface area (Å²) >= 11 is 0. The molecule has 6 nitrogen and oxygen atoms in total. The van der Waals surface area contributed by atoms with E-state index in [1.807, 2.05) is 6.92 Å². The van der Waals surface area contributed by atoms with Crippen LogP contribution in [-0.2, 0) is 4.74 Å². The second-order valence-corrected chi connectivity index (χ2v) is 4.19. The minimum Gasteiger partial charge on any atom is -0.382 e. The topological polar surface area (TPSA) is 81.3 Å². The lowest BCUT2D eigenvalue weighted by molar-refractivity contribution is 0.0569. The largest absolute Gasteiger partial charge is 0.382 e. The van der Waals surface area contributed by atoms with Crippen LogP contribution in [0.2, 0.25) is 0 Å². The van der Waals surface area contributed by atoms with E-state index in [0.29, 0.717) is 18.1 Å². The number of nitrogen functional groups attached to an aromatic ring is 1. The lowest BCUT2D eigenvalue weighted by atomic mass is 10.1. The Labute approximate surface area is 99.8 Å². The fraction of sp³-hybridized carbons (Fsp3) is 0.545. The zero-order valence-electron chi connectivity index (χ0n) is 9.96. The van der Waals surface area contributed by atoms with Crippen LogP contribution in [0, 0.1) is 0 Å². The van der Waals surface area contributed by atoms with E-state index >= 15 is 0 Å². The Balaban J connectivity index is 2.11. The third-order valence-corrected chi connectivity index (χ3v) is 3.06. The van der Waals surface area contributed by atoms with E-state index in [1.165, 1.54) is 0 Å². The van der Waals surface area contributed by atoms with Gasteiger partial charge in [0.05, 0.1) is 12.1 Å². The van der Waals surface area contributed by atoms with Crippen molar-refractivity contribution in [1.82, 2.24) is 15.1 Å². The summed E-state index contributed by atoms with van der Waals surface area (Å²) in [7, 11) is 1.76. The quantitative estimate of drug-likeness (QED) is 0.799. The smallest absolute Gasteiger partial charge is 0.274 e. The third-order valence-electron chi connectivity index (χ3n) is 3.06. The van der Waals surface area contributed by atoms with Gasteiger partial charge >= 0.3 is 0 Å². The van der Waals surface area contributed by atoms with Crippen molar-refractivity contribution >= 4 is 11.7 Å². The summed E-state index contributed by atoms with van der Waals surface area (Å²) in [6.07, 6.45) is 0.914. The molecule has 1 aliphatic heterocycles. The van der Waals surface area contributed by atoms with Gasteiger partial charge in [-0.3, -0.25) is 4.79 Å². The highest BCUT2D eigenvalue weighted by Gasteiger charge is 2.31. The molecule has 0 spiro atoms. The summed E-state index contributed by atoms with van der Waals surface area (Å²) in [5, 5.41) is 7.47. The molecular formula is C11H16N4O2. The van der Waals surface area contributed by atoms with Crippen molar-refractivity contribution in [3.05, 3.63) is 17.8 Å². The standard InChI is InChI=1S/C11H16N4O2/c1-7-9(5-6-17-7)15(2)11(16)8-3-4-10(12)14-13-8/h3-4,7,9H,5-6H2,1-2H3,(H2,12,14). The number of nitrogens with two attached hydrogens (primary N) is 1. The number of amides is 1. The normalized spacial score (nSPS) is 23.6. The highest BCUT2D eigenvalue weighted by atomic mass is 16.5. The number of carbonyl (C=O) groups is 1. The second-order valence-electron chi connectivity index (χ2n) is 4.19. The summed E-state index contributed by atoms with van der Waals surface area (Å²) in [4.78, 5) is 13.8. The van der Waals surface area contributed by atoms with Gasteiger partial charge in [0.2, 0.25) is 0 Å². The zero-order valence-corrected chi connectivity index (χ0v) is 9.96. The Morgan fingerprint density at radius 3 is 2.82 bits per heavy atom. The molecule has 2 atom stereocenters. The van der Waals surface area contributed by atoms with E-state index in [9.17, 15) is 4.79 Å². The lowest BCUT2D eigenvalue weighted by Crippen LogP contribution is -2.41. The Morgan fingerprint density at radius 1 is 1.53 bits per heavy atom. The predicted octanol–water partition coefficient (Wildman–Crippen LogP) is 0.308. The highest BCUT2D eigenvalue weighted by molar-refractivity contribution is 5.92. The fourth-order valence-electron chi connectivity index (χ4n) is 2.02. The Bertz CT molecular complexity index is 406. The van der Waals surface area contributed by atoms with Crippen molar-refractivity contribution in [2.45, 2.75) is 25.5 Å². The van der Waals surface area contributed by atoms with Crippen LogP contribution in [-0.4, -0.2) is 46.8 Å². The molecule has 2 N–H and O–H groups in total. The van der Waals surface area contributed by atoms with Crippen LogP contribution in [0.3, 0.4) is 0 Å². The van der Waals surface area contributed by atoms with Crippen LogP contribution in [0.25, 0.3) is 0 Å². The van der Waals surface area contributed by atoms with E-state index < -0.39 is 0 Å². The van der Waals surface area contributed by atoms with Crippen LogP contribution in [0.1, 0.15) is 23.8 Å². The molecule has 2 rings (SSSR count). The maximum Gasteiger partial charge on any atom is 0.274 e. The average Bonchev–Trinajstić information content (AvgIpc) is 2.74. The van der Waals surface area contributed by atoms with E-state index in [0.717, 1.165) is 6.42 Å². The number of carbonyl (C=O) groups excluding carboxylic acids is 1. The Kier molecular flexibility index (Phi) is 3.23. The molecule has 0 aromatic carbocycles. The number of likely N-dealkylation sites (N-methyl/N-ethyl adjacent to an activating group) is 1. The number of hydrogen-bond donors (Lipinski definition) is 1. The van der Waals surface area contributed by atoms with Crippen LogP contribution < -0.4 is 5.73 Å². The lowest BCUT2D eigenvalue weighted by Gasteiger charge is -2.26. The predicted molar refractivity (Wildman–Crippen MR) is 62.4 cm³/mol. The number of nitrogens with zero attached hydrogens (tertiary/aromatic N) is 3. The van der Waals surface area contributed by atoms with Gasteiger partial charge in [-0.1, -0.05) is 0 Å². The number of ether oxygens (including phenoxy) is 1. The maximum absolute atomic E-state index is 12.1. The van der Waals surface area contributed by atoms with Crippen molar-refractivity contribution in [3.8, 4) is 0 Å². The molecule has 6 heteroatoms. The van der Waals surface area contributed by atoms with Crippen molar-refractivity contribution in [2.75, 3.05) is 19.4 Å². The summed E-state index contributed by atoms with van der Waals surface area (Å²) in [5.41, 5.74) is 5.73. The Hall–Kier alpha value is -1.69. The number of rotatable bonds is 2. The molecule has 17 heavy (non-hydrogen) atoms. The third kappa shape index (κ3) is 2.36. The molecule has 0 radical (unpaired) electrons. The van der Waals surface area contributed by atoms with Gasteiger partial charge in [-0.15, -0.1) is 10.2 Å². The fourth-order valence-corrected chi connectivity index (χ4v) is 2.02. The van der Waals surface area contributed by atoms with Gasteiger partial charge in [0.1, 0.15) is 5.82 Å². The summed E-state index contributed by atoms with van der Waals surface area (Å²) in [5.74, 6) is 0.154. The van der Waals surface area contributed by atoms with Gasteiger partial charge < -0.3 is 15.4 Å². The van der Waals surface area contributed by atoms with Crippen molar-refractivity contribution < 1.29 is 9.53 Å². The molecule has 1 fully saturated rings.